The predicted molar refractivity (Wildman–Crippen MR) is 160 cm³/mol. The number of carbonyl (C=O) groups excluding carboxylic acids is 2. The molecule has 9 nitrogen and oxygen atoms in total. The minimum Gasteiger partial charge on any atom is -0.493 e. The van der Waals surface area contributed by atoms with Gasteiger partial charge in [-0.05, 0) is 42.0 Å². The van der Waals surface area contributed by atoms with E-state index >= 15 is 0 Å². The Morgan fingerprint density at radius 3 is 2.40 bits per heavy atom. The van der Waals surface area contributed by atoms with E-state index in [2.05, 4.69) is 5.32 Å². The van der Waals surface area contributed by atoms with Crippen molar-refractivity contribution in [2.75, 3.05) is 26.1 Å². The molecule has 0 atom stereocenters. The fourth-order valence-electron chi connectivity index (χ4n) is 4.44. The summed E-state index contributed by atoms with van der Waals surface area (Å²) in [5.74, 6) is 1.29. The van der Waals surface area contributed by atoms with Crippen molar-refractivity contribution in [2.24, 2.45) is 0 Å². The molecule has 3 aromatic carbocycles. The summed E-state index contributed by atoms with van der Waals surface area (Å²) in [6.07, 6.45) is 3.49. The second-order valence-electron chi connectivity index (χ2n) is 9.41. The van der Waals surface area contributed by atoms with Crippen LogP contribution in [0.1, 0.15) is 11.3 Å². The molecule has 0 aliphatic rings. The van der Waals surface area contributed by atoms with Gasteiger partial charge in [0.05, 0.1) is 44.8 Å². The number of methoxy groups -OCH3 is 2. The third-order valence-corrected chi connectivity index (χ3v) is 6.81. The minimum absolute atomic E-state index is 0.145. The summed E-state index contributed by atoms with van der Waals surface area (Å²) in [4.78, 5) is 32.9. The van der Waals surface area contributed by atoms with Crippen molar-refractivity contribution in [1.82, 2.24) is 14.5 Å². The average molecular weight is 585 g/mol. The first-order valence-electron chi connectivity index (χ1n) is 13.1. The van der Waals surface area contributed by atoms with Gasteiger partial charge in [0, 0.05) is 22.8 Å². The Balaban J connectivity index is 1.43. The molecule has 2 amide bonds. The molecule has 2 aromatic heterocycles. The molecule has 0 saturated heterocycles. The van der Waals surface area contributed by atoms with Gasteiger partial charge in [-0.1, -0.05) is 54.1 Å². The number of nitrogens with one attached hydrogen (secondary N) is 1. The van der Waals surface area contributed by atoms with Crippen LogP contribution in [0.25, 0.3) is 16.9 Å². The van der Waals surface area contributed by atoms with Crippen LogP contribution >= 0.6 is 11.6 Å². The summed E-state index contributed by atoms with van der Waals surface area (Å²) in [6, 6.07) is 25.5. The van der Waals surface area contributed by atoms with Crippen LogP contribution < -0.4 is 14.8 Å². The predicted octanol–water partition coefficient (Wildman–Crippen LogP) is 6.01. The number of amides is 2. The number of benzene rings is 3. The summed E-state index contributed by atoms with van der Waals surface area (Å²) in [5.41, 5.74) is 2.96. The van der Waals surface area contributed by atoms with Crippen LogP contribution in [0.5, 0.6) is 11.5 Å². The maximum absolute atomic E-state index is 13.5. The van der Waals surface area contributed by atoms with E-state index in [0.29, 0.717) is 33.7 Å². The van der Waals surface area contributed by atoms with Crippen LogP contribution in [0, 0.1) is 0 Å². The van der Waals surface area contributed by atoms with Crippen LogP contribution in [-0.4, -0.2) is 47.0 Å². The molecule has 1 N–H and O–H groups in total. The zero-order chi connectivity index (χ0) is 29.5. The van der Waals surface area contributed by atoms with Crippen molar-refractivity contribution in [3.63, 3.8) is 0 Å². The number of anilines is 1. The molecule has 10 heteroatoms. The Kier molecular flexibility index (Phi) is 8.89. The lowest BCUT2D eigenvalue weighted by Gasteiger charge is -2.21. The smallest absolute Gasteiger partial charge is 0.246 e. The first-order valence-corrected chi connectivity index (χ1v) is 13.5. The molecule has 0 bridgehead atoms. The lowest BCUT2D eigenvalue weighted by molar-refractivity contribution is -0.135. The van der Waals surface area contributed by atoms with Gasteiger partial charge in [0.1, 0.15) is 12.3 Å². The maximum atomic E-state index is 13.5. The lowest BCUT2D eigenvalue weighted by Crippen LogP contribution is -2.38. The summed E-state index contributed by atoms with van der Waals surface area (Å²) in [6.45, 7) is -0.0618. The van der Waals surface area contributed by atoms with E-state index < -0.39 is 5.91 Å². The number of hydrogen-bond acceptors (Lipinski definition) is 6. The van der Waals surface area contributed by atoms with Crippen LogP contribution in [0.15, 0.2) is 102 Å². The van der Waals surface area contributed by atoms with E-state index in [1.165, 1.54) is 11.2 Å². The van der Waals surface area contributed by atoms with Crippen molar-refractivity contribution >= 4 is 29.4 Å². The Morgan fingerprint density at radius 2 is 1.71 bits per heavy atom. The van der Waals surface area contributed by atoms with Gasteiger partial charge >= 0.3 is 0 Å². The van der Waals surface area contributed by atoms with E-state index in [-0.39, 0.29) is 31.4 Å². The summed E-state index contributed by atoms with van der Waals surface area (Å²) in [5, 5.41) is 3.50. The minimum atomic E-state index is -0.419. The monoisotopic (exact) mass is 584 g/mol. The van der Waals surface area contributed by atoms with Crippen LogP contribution in [-0.2, 0) is 22.6 Å². The largest absolute Gasteiger partial charge is 0.493 e. The first-order chi connectivity index (χ1) is 20.4. The number of halogens is 1. The molecule has 0 aliphatic heterocycles. The number of furan rings is 1. The van der Waals surface area contributed by atoms with E-state index in [9.17, 15) is 9.59 Å². The molecule has 0 radical (unpaired) electrons. The number of imidazole rings is 1. The third kappa shape index (κ3) is 6.82. The zero-order valence-electron chi connectivity index (χ0n) is 23.1. The molecule has 0 saturated carbocycles. The fourth-order valence-corrected chi connectivity index (χ4v) is 4.57. The molecule has 0 fully saturated rings. The Morgan fingerprint density at radius 1 is 0.952 bits per heavy atom. The molecule has 5 aromatic rings. The number of rotatable bonds is 11. The molecule has 214 valence electrons. The zero-order valence-corrected chi connectivity index (χ0v) is 23.9. The first kappa shape index (κ1) is 28.5. The van der Waals surface area contributed by atoms with Crippen LogP contribution in [0.3, 0.4) is 0 Å². The quantitative estimate of drug-likeness (QED) is 0.204. The van der Waals surface area contributed by atoms with Crippen molar-refractivity contribution in [2.45, 2.75) is 13.0 Å². The van der Waals surface area contributed by atoms with E-state index in [4.69, 9.17) is 30.5 Å². The van der Waals surface area contributed by atoms with E-state index in [1.54, 1.807) is 61.4 Å². The summed E-state index contributed by atoms with van der Waals surface area (Å²) in [7, 11) is 3.12. The Labute approximate surface area is 248 Å². The number of hydrogen-bond donors (Lipinski definition) is 1. The highest BCUT2D eigenvalue weighted by Gasteiger charge is 2.22. The number of aromatic nitrogens is 2. The molecule has 0 spiro atoms. The van der Waals surface area contributed by atoms with E-state index in [0.717, 1.165) is 11.1 Å². The second-order valence-corrected chi connectivity index (χ2v) is 9.84. The van der Waals surface area contributed by atoms with Gasteiger partial charge in [0.25, 0.3) is 0 Å². The maximum Gasteiger partial charge on any atom is 0.246 e. The molecule has 5 rings (SSSR count). The normalized spacial score (nSPS) is 10.7. The highest BCUT2D eigenvalue weighted by Crippen LogP contribution is 2.32. The van der Waals surface area contributed by atoms with Gasteiger partial charge in [-0.25, -0.2) is 4.98 Å². The molecule has 42 heavy (non-hydrogen) atoms. The van der Waals surface area contributed by atoms with Gasteiger partial charge < -0.3 is 18.8 Å². The molecular weight excluding hydrogens is 556 g/mol. The number of carbonyl (C=O) groups is 2. The highest BCUT2D eigenvalue weighted by atomic mass is 35.5. The van der Waals surface area contributed by atoms with Gasteiger partial charge in [0.2, 0.25) is 17.8 Å². The second kappa shape index (κ2) is 13.1. The average Bonchev–Trinajstić information content (AvgIpc) is 3.67. The Hall–Kier alpha value is -5.02. The summed E-state index contributed by atoms with van der Waals surface area (Å²) < 4.78 is 18.1. The summed E-state index contributed by atoms with van der Waals surface area (Å²) >= 11 is 6.09. The van der Waals surface area contributed by atoms with Gasteiger partial charge in [-0.2, -0.15) is 0 Å². The van der Waals surface area contributed by atoms with Crippen molar-refractivity contribution in [1.29, 1.82) is 0 Å². The van der Waals surface area contributed by atoms with E-state index in [1.807, 2.05) is 48.5 Å². The SMILES string of the molecule is COc1ccc(-n2cc(-c3ccc(Cl)cc3)nc2NC(=O)CN(Cc2ccco2)C(=O)Cc2ccccc2)cc1OC. The molecular formula is C32H29ClN4O5. The number of nitrogens with zero attached hydrogens (tertiary/aromatic N) is 3. The highest BCUT2D eigenvalue weighted by molar-refractivity contribution is 6.30. The van der Waals surface area contributed by atoms with Crippen molar-refractivity contribution < 1.29 is 23.5 Å². The Bertz CT molecular complexity index is 1650. The van der Waals surface area contributed by atoms with Gasteiger partial charge in [-0.3, -0.25) is 19.5 Å². The van der Waals surface area contributed by atoms with Crippen molar-refractivity contribution in [3.8, 4) is 28.4 Å². The van der Waals surface area contributed by atoms with Crippen LogP contribution in [0.4, 0.5) is 5.95 Å². The van der Waals surface area contributed by atoms with Crippen molar-refractivity contribution in [3.05, 3.63) is 114 Å². The molecule has 0 aliphatic carbocycles. The fraction of sp³-hybridized carbons (Fsp3) is 0.156. The topological polar surface area (TPSA) is 98.8 Å². The lowest BCUT2D eigenvalue weighted by atomic mass is 10.1. The number of ether oxygens (including phenoxy) is 2. The van der Waals surface area contributed by atoms with Gasteiger partial charge in [-0.15, -0.1) is 0 Å². The third-order valence-electron chi connectivity index (χ3n) is 6.55. The van der Waals surface area contributed by atoms with Gasteiger partial charge in [0.15, 0.2) is 11.5 Å². The van der Waals surface area contributed by atoms with Crippen LogP contribution in [0.2, 0.25) is 5.02 Å². The molecule has 0 unspecified atom stereocenters. The molecule has 2 heterocycles. The standard InChI is InChI=1S/C32H29ClN4O5/c1-40-28-15-14-25(18-29(28)41-2)37-20-27(23-10-12-24(33)13-11-23)34-32(37)35-30(38)21-36(19-26-9-6-16-42-26)31(39)17-22-7-4-3-5-8-22/h3-16,18,20H,17,19,21H2,1-2H3,(H,34,35,38).